The Bertz CT molecular complexity index is 733. The molecule has 0 N–H and O–H groups in total. The molecule has 2 aromatic rings. The molecule has 0 spiro atoms. The highest BCUT2D eigenvalue weighted by atomic mass is 16.5. The highest BCUT2D eigenvalue weighted by Crippen LogP contribution is 2.31. The van der Waals surface area contributed by atoms with Crippen LogP contribution in [0.1, 0.15) is 34.5 Å². The van der Waals surface area contributed by atoms with Crippen molar-refractivity contribution in [3.05, 3.63) is 59.5 Å². The van der Waals surface area contributed by atoms with E-state index >= 15 is 0 Å². The largest absolute Gasteiger partial charge is 0.467 e. The number of ether oxygens (including phenoxy) is 1. The Labute approximate surface area is 133 Å². The lowest BCUT2D eigenvalue weighted by molar-refractivity contribution is -0.142. The third-order valence-electron chi connectivity index (χ3n) is 4.34. The van der Waals surface area contributed by atoms with Crippen molar-refractivity contribution in [2.75, 3.05) is 0 Å². The number of amides is 1. The molecule has 1 amide bonds. The molecule has 23 heavy (non-hydrogen) atoms. The summed E-state index contributed by atoms with van der Waals surface area (Å²) in [6.45, 7) is 0.423. The minimum absolute atomic E-state index is 0.133. The van der Waals surface area contributed by atoms with Crippen molar-refractivity contribution in [1.82, 2.24) is 4.90 Å². The first-order valence-corrected chi connectivity index (χ1v) is 7.84. The Balaban J connectivity index is 1.55. The summed E-state index contributed by atoms with van der Waals surface area (Å²) in [5.41, 5.74) is 1.43. The molecule has 1 aliphatic heterocycles. The van der Waals surface area contributed by atoms with Crippen molar-refractivity contribution in [3.63, 3.8) is 0 Å². The van der Waals surface area contributed by atoms with E-state index in [-0.39, 0.29) is 11.9 Å². The zero-order chi connectivity index (χ0) is 15.8. The van der Waals surface area contributed by atoms with E-state index in [9.17, 15) is 9.59 Å². The number of carbonyl (C=O) groups is 2. The second-order valence-electron chi connectivity index (χ2n) is 6.03. The van der Waals surface area contributed by atoms with Gasteiger partial charge in [0.2, 0.25) is 0 Å². The maximum Gasteiger partial charge on any atom is 0.339 e. The van der Waals surface area contributed by atoms with Crippen LogP contribution >= 0.6 is 0 Å². The number of hydrogen-bond acceptors (Lipinski definition) is 4. The fourth-order valence-corrected chi connectivity index (χ4v) is 3.00. The molecule has 0 radical (unpaired) electrons. The standard InChI is InChI=1S/C18H17NO4/c20-17(19(13-7-8-13)11-14-5-3-9-22-14)16-10-12-4-1-2-6-15(12)18(21)23-16/h1-6,9,13,16H,7-8,10-11H2/t16-/m1/s1. The molecule has 1 atom stereocenters. The van der Waals surface area contributed by atoms with Crippen LogP contribution in [0.2, 0.25) is 0 Å². The van der Waals surface area contributed by atoms with Crippen molar-refractivity contribution < 1.29 is 18.7 Å². The molecule has 0 bridgehead atoms. The molecule has 5 heteroatoms. The van der Waals surface area contributed by atoms with Crippen LogP contribution in [0.25, 0.3) is 0 Å². The van der Waals surface area contributed by atoms with Crippen LogP contribution in [0.15, 0.2) is 47.1 Å². The first-order valence-electron chi connectivity index (χ1n) is 7.84. The molecule has 1 aromatic heterocycles. The van der Waals surface area contributed by atoms with Gasteiger partial charge in [-0.25, -0.2) is 4.79 Å². The van der Waals surface area contributed by atoms with Gasteiger partial charge in [-0.15, -0.1) is 0 Å². The molecule has 2 heterocycles. The summed E-state index contributed by atoms with van der Waals surface area (Å²) < 4.78 is 10.7. The van der Waals surface area contributed by atoms with Gasteiger partial charge < -0.3 is 14.1 Å². The normalized spacial score (nSPS) is 19.8. The summed E-state index contributed by atoms with van der Waals surface area (Å²) >= 11 is 0. The van der Waals surface area contributed by atoms with Gasteiger partial charge in [0.25, 0.3) is 5.91 Å². The predicted octanol–water partition coefficient (Wildman–Crippen LogP) is 2.55. The molecule has 4 rings (SSSR count). The molecule has 118 valence electrons. The average molecular weight is 311 g/mol. The third kappa shape index (κ3) is 2.74. The molecular formula is C18H17NO4. The zero-order valence-electron chi connectivity index (χ0n) is 12.6. The van der Waals surface area contributed by atoms with E-state index in [2.05, 4.69) is 0 Å². The summed E-state index contributed by atoms with van der Waals surface area (Å²) in [7, 11) is 0. The zero-order valence-corrected chi connectivity index (χ0v) is 12.6. The second kappa shape index (κ2) is 5.57. The van der Waals surface area contributed by atoms with Gasteiger partial charge >= 0.3 is 5.97 Å². The van der Waals surface area contributed by atoms with Gasteiger partial charge in [-0.3, -0.25) is 4.79 Å². The Morgan fingerprint density at radius 2 is 2.00 bits per heavy atom. The third-order valence-corrected chi connectivity index (χ3v) is 4.34. The fraction of sp³-hybridized carbons (Fsp3) is 0.333. The second-order valence-corrected chi connectivity index (χ2v) is 6.03. The van der Waals surface area contributed by atoms with Gasteiger partial charge in [0.15, 0.2) is 6.10 Å². The van der Waals surface area contributed by atoms with Gasteiger partial charge in [-0.05, 0) is 36.6 Å². The molecule has 5 nitrogen and oxygen atoms in total. The van der Waals surface area contributed by atoms with Crippen LogP contribution < -0.4 is 0 Å². The topological polar surface area (TPSA) is 59.8 Å². The van der Waals surface area contributed by atoms with Gasteiger partial charge in [-0.1, -0.05) is 18.2 Å². The SMILES string of the molecule is O=C1O[C@@H](C(=O)N(Cc2ccco2)C2CC2)Cc2ccccc21. The van der Waals surface area contributed by atoms with E-state index in [1.54, 1.807) is 23.3 Å². The Morgan fingerprint density at radius 1 is 1.17 bits per heavy atom. The summed E-state index contributed by atoms with van der Waals surface area (Å²) in [5.74, 6) is 0.193. The Kier molecular flexibility index (Phi) is 3.41. The summed E-state index contributed by atoms with van der Waals surface area (Å²) in [6.07, 6.45) is 3.27. The first-order chi connectivity index (χ1) is 11.2. The minimum atomic E-state index is -0.743. The number of cyclic esters (lactones) is 1. The van der Waals surface area contributed by atoms with Crippen LogP contribution in [-0.4, -0.2) is 28.9 Å². The number of furan rings is 1. The van der Waals surface area contributed by atoms with Crippen molar-refractivity contribution >= 4 is 11.9 Å². The number of benzene rings is 1. The molecule has 1 fully saturated rings. The van der Waals surface area contributed by atoms with Gasteiger partial charge in [0.05, 0.1) is 18.4 Å². The van der Waals surface area contributed by atoms with Crippen molar-refractivity contribution in [2.24, 2.45) is 0 Å². The number of nitrogens with zero attached hydrogens (tertiary/aromatic N) is 1. The van der Waals surface area contributed by atoms with Crippen LogP contribution in [-0.2, 0) is 22.5 Å². The molecule has 1 aliphatic carbocycles. The quantitative estimate of drug-likeness (QED) is 0.814. The molecule has 1 aromatic carbocycles. The van der Waals surface area contributed by atoms with Crippen LogP contribution in [0.4, 0.5) is 0 Å². The van der Waals surface area contributed by atoms with Crippen molar-refractivity contribution in [2.45, 2.75) is 38.0 Å². The Morgan fingerprint density at radius 3 is 2.74 bits per heavy atom. The lowest BCUT2D eigenvalue weighted by atomic mass is 9.98. The maximum absolute atomic E-state index is 12.9. The molecule has 0 saturated heterocycles. The smallest absolute Gasteiger partial charge is 0.339 e. The van der Waals surface area contributed by atoms with E-state index in [0.717, 1.165) is 24.2 Å². The minimum Gasteiger partial charge on any atom is -0.467 e. The van der Waals surface area contributed by atoms with Crippen LogP contribution in [0, 0.1) is 0 Å². The molecule has 2 aliphatic rings. The van der Waals surface area contributed by atoms with E-state index in [4.69, 9.17) is 9.15 Å². The van der Waals surface area contributed by atoms with Gasteiger partial charge in [-0.2, -0.15) is 0 Å². The van der Waals surface area contributed by atoms with Crippen LogP contribution in [0.3, 0.4) is 0 Å². The van der Waals surface area contributed by atoms with E-state index in [1.165, 1.54) is 0 Å². The average Bonchev–Trinajstić information content (AvgIpc) is 3.28. The van der Waals surface area contributed by atoms with Gasteiger partial charge in [0.1, 0.15) is 5.76 Å². The number of rotatable bonds is 4. The van der Waals surface area contributed by atoms with Crippen molar-refractivity contribution in [3.8, 4) is 0 Å². The van der Waals surface area contributed by atoms with Crippen molar-refractivity contribution in [1.29, 1.82) is 0 Å². The summed E-state index contributed by atoms with van der Waals surface area (Å²) in [4.78, 5) is 26.8. The van der Waals surface area contributed by atoms with Gasteiger partial charge in [0, 0.05) is 12.5 Å². The van der Waals surface area contributed by atoms with E-state index in [1.807, 2.05) is 24.3 Å². The molecule has 0 unspecified atom stereocenters. The lowest BCUT2D eigenvalue weighted by Gasteiger charge is -2.29. The highest BCUT2D eigenvalue weighted by molar-refractivity contribution is 5.95. The predicted molar refractivity (Wildman–Crippen MR) is 81.6 cm³/mol. The molecule has 1 saturated carbocycles. The first kappa shape index (κ1) is 14.1. The monoisotopic (exact) mass is 311 g/mol. The molecular weight excluding hydrogens is 294 g/mol. The number of carbonyl (C=O) groups excluding carboxylic acids is 2. The Hall–Kier alpha value is -2.56. The summed E-state index contributed by atoms with van der Waals surface area (Å²) in [5, 5.41) is 0. The number of esters is 1. The maximum atomic E-state index is 12.9. The highest BCUT2D eigenvalue weighted by Gasteiger charge is 2.40. The fourth-order valence-electron chi connectivity index (χ4n) is 3.00. The number of fused-ring (bicyclic) bond motifs is 1. The van der Waals surface area contributed by atoms with E-state index < -0.39 is 12.1 Å². The summed E-state index contributed by atoms with van der Waals surface area (Å²) in [6, 6.07) is 11.2. The van der Waals surface area contributed by atoms with E-state index in [0.29, 0.717) is 18.5 Å². The lowest BCUT2D eigenvalue weighted by Crippen LogP contribution is -2.45. The van der Waals surface area contributed by atoms with Crippen LogP contribution in [0.5, 0.6) is 0 Å². The number of hydrogen-bond donors (Lipinski definition) is 0.